The van der Waals surface area contributed by atoms with Crippen molar-refractivity contribution in [2.24, 2.45) is 0 Å². The van der Waals surface area contributed by atoms with Crippen LogP contribution >= 0.6 is 24.4 Å². The van der Waals surface area contributed by atoms with Crippen LogP contribution in [0.15, 0.2) is 297 Å². The van der Waals surface area contributed by atoms with Gasteiger partial charge >= 0.3 is 31.3 Å². The van der Waals surface area contributed by atoms with Crippen LogP contribution < -0.4 is 45.5 Å². The van der Waals surface area contributed by atoms with Gasteiger partial charge < -0.3 is 8.37 Å². The molecule has 0 bridgehead atoms. The summed E-state index contributed by atoms with van der Waals surface area (Å²) in [7, 11) is -12.7. The average Bonchev–Trinajstić information content (AvgIpc) is 0.776. The molecule has 0 aromatic heterocycles. The molecule has 0 spiro atoms. The van der Waals surface area contributed by atoms with Gasteiger partial charge in [-0.3, -0.25) is 0 Å². The van der Waals surface area contributed by atoms with Gasteiger partial charge in [0.15, 0.2) is 0 Å². The summed E-state index contributed by atoms with van der Waals surface area (Å²) >= 11 is 0. The standard InChI is InChI=1S/C40H32P2.C23H14F6O6S2.C12H11P/c1-41(32-17-5-2-6-18-32)39-27-25-30-15-11-13-23-35(30)37(39)29-38-36-24-14-12-16-31(36)26-28-40(38)42(33-19-7-3-8-20-33)34-21-9-4-10-22-34;24-22(25,26)36(30,31)34-20-11-9-14-5-1-3-7-16(14)18(20)13-19-17-8-4-2-6-15(17)10-12-21(19)35-37(32,33)23(27,28)29;1-3-7-11(8-4-1)13-12-9-5-2-6-10-12/h2-28H,29H2,1H3;1-12H,13H2;1-10,13H. The first-order valence-corrected chi connectivity index (χ1v) is 35.9. The molecule has 0 aliphatic rings. The maximum Gasteiger partial charge on any atom is 0.534 e. The molecule has 0 heterocycles. The van der Waals surface area contributed by atoms with Crippen molar-refractivity contribution >= 4 is 125 Å². The fraction of sp³-hybridized carbons (Fsp3) is 0.0667. The first-order chi connectivity index (χ1) is 44.3. The number of halogens is 6. The predicted molar refractivity (Wildman–Crippen MR) is 370 cm³/mol. The molecule has 17 heteroatoms. The Bertz CT molecular complexity index is 4730. The third kappa shape index (κ3) is 14.9. The molecule has 0 N–H and O–H groups in total. The molecular formula is C75H57F6O6P3S2. The molecule has 13 aromatic rings. The van der Waals surface area contributed by atoms with E-state index in [1.54, 1.807) is 24.3 Å². The van der Waals surface area contributed by atoms with Gasteiger partial charge in [-0.2, -0.15) is 43.2 Å². The number of hydrogen-bond acceptors (Lipinski definition) is 6. The van der Waals surface area contributed by atoms with Gasteiger partial charge in [-0.05, 0) is 132 Å². The first kappa shape index (κ1) is 64.8. The maximum atomic E-state index is 13.1. The highest BCUT2D eigenvalue weighted by molar-refractivity contribution is 7.88. The minimum Gasteiger partial charge on any atom is -0.376 e. The van der Waals surface area contributed by atoms with E-state index in [0.717, 1.165) is 27.1 Å². The Morgan fingerprint density at radius 3 is 0.978 bits per heavy atom. The molecule has 92 heavy (non-hydrogen) atoms. The second-order valence-electron chi connectivity index (χ2n) is 21.2. The molecule has 1 unspecified atom stereocenters. The second kappa shape index (κ2) is 28.4. The normalized spacial score (nSPS) is 12.2. The lowest BCUT2D eigenvalue weighted by Gasteiger charge is -2.25. The van der Waals surface area contributed by atoms with Crippen molar-refractivity contribution in [1.29, 1.82) is 0 Å². The summed E-state index contributed by atoms with van der Waals surface area (Å²) in [6, 6.07) is 98.5. The Morgan fingerprint density at radius 1 is 0.326 bits per heavy atom. The molecule has 0 aliphatic carbocycles. The Hall–Kier alpha value is -8.73. The number of fused-ring (bicyclic) bond motifs is 4. The predicted octanol–water partition coefficient (Wildman–Crippen LogP) is 16.8. The zero-order valence-corrected chi connectivity index (χ0v) is 53.6. The van der Waals surface area contributed by atoms with E-state index in [4.69, 9.17) is 0 Å². The zero-order valence-electron chi connectivity index (χ0n) is 49.1. The van der Waals surface area contributed by atoms with Crippen molar-refractivity contribution in [3.05, 3.63) is 320 Å². The molecule has 0 radical (unpaired) electrons. The van der Waals surface area contributed by atoms with Gasteiger partial charge in [-0.25, -0.2) is 0 Å². The molecule has 6 nitrogen and oxygen atoms in total. The van der Waals surface area contributed by atoms with Crippen LogP contribution in [0.3, 0.4) is 0 Å². The molecule has 0 amide bonds. The van der Waals surface area contributed by atoms with E-state index in [2.05, 4.69) is 239 Å². The maximum absolute atomic E-state index is 13.1. The zero-order chi connectivity index (χ0) is 64.5. The van der Waals surface area contributed by atoms with Crippen molar-refractivity contribution in [3.63, 3.8) is 0 Å². The molecule has 13 rings (SSSR count). The van der Waals surface area contributed by atoms with E-state index in [1.807, 2.05) is 0 Å². The SMILES string of the molecule is CP(c1ccccc1)c1ccc2ccccc2c1Cc1c(P(c2ccccc2)c2ccccc2)ccc2ccccc12.O=S(=O)(Oc1ccc2ccccc2c1Cc1c(OS(=O)(=O)C(F)(F)F)ccc2ccccc12)C(F)(F)F.c1ccc(Pc2ccccc2)cc1. The van der Waals surface area contributed by atoms with E-state index in [0.29, 0.717) is 10.8 Å². The summed E-state index contributed by atoms with van der Waals surface area (Å²) in [6.45, 7) is 2.42. The van der Waals surface area contributed by atoms with Crippen molar-refractivity contribution in [2.75, 3.05) is 6.66 Å². The van der Waals surface area contributed by atoms with Crippen LogP contribution in [-0.4, -0.2) is 34.5 Å². The molecule has 0 aliphatic heterocycles. The number of alkyl halides is 6. The highest BCUT2D eigenvalue weighted by Crippen LogP contribution is 2.42. The van der Waals surface area contributed by atoms with E-state index in [-0.39, 0.29) is 21.9 Å². The topological polar surface area (TPSA) is 86.7 Å². The third-order valence-electron chi connectivity index (χ3n) is 15.3. The van der Waals surface area contributed by atoms with Crippen LogP contribution in [0.1, 0.15) is 22.3 Å². The Kier molecular flexibility index (Phi) is 20.0. The molecule has 462 valence electrons. The van der Waals surface area contributed by atoms with Gasteiger partial charge in [-0.1, -0.05) is 294 Å². The van der Waals surface area contributed by atoms with E-state index < -0.39 is 65.0 Å². The highest BCUT2D eigenvalue weighted by Gasteiger charge is 2.50. The fourth-order valence-corrected chi connectivity index (χ4v) is 17.3. The van der Waals surface area contributed by atoms with Crippen LogP contribution in [0.25, 0.3) is 43.1 Å². The summed E-state index contributed by atoms with van der Waals surface area (Å²) in [5.41, 5.74) is -8.93. The van der Waals surface area contributed by atoms with Gasteiger partial charge in [0.25, 0.3) is 0 Å². The number of benzene rings is 13. The van der Waals surface area contributed by atoms with Crippen LogP contribution in [-0.2, 0) is 33.1 Å². The van der Waals surface area contributed by atoms with Crippen molar-refractivity contribution in [2.45, 2.75) is 23.9 Å². The summed E-state index contributed by atoms with van der Waals surface area (Å²) in [6.07, 6.45) is 0.347. The Morgan fingerprint density at radius 2 is 0.609 bits per heavy atom. The van der Waals surface area contributed by atoms with Gasteiger partial charge in [0.05, 0.1) is 0 Å². The fourth-order valence-electron chi connectivity index (χ4n) is 11.0. The minimum absolute atomic E-state index is 0.156. The van der Waals surface area contributed by atoms with Crippen molar-refractivity contribution < 1.29 is 51.5 Å². The quantitative estimate of drug-likeness (QED) is 0.0440. The first-order valence-electron chi connectivity index (χ1n) is 28.9. The van der Waals surface area contributed by atoms with Crippen molar-refractivity contribution in [3.8, 4) is 11.5 Å². The Balaban J connectivity index is 0.000000158. The third-order valence-corrected chi connectivity index (χ3v) is 23.2. The van der Waals surface area contributed by atoms with Gasteiger partial charge in [0.1, 0.15) is 11.5 Å². The van der Waals surface area contributed by atoms with E-state index >= 15 is 0 Å². The summed E-state index contributed by atoms with van der Waals surface area (Å²) in [5, 5.41) is 16.5. The summed E-state index contributed by atoms with van der Waals surface area (Å²) in [5.74, 6) is -1.48. The van der Waals surface area contributed by atoms with E-state index in [9.17, 15) is 43.2 Å². The van der Waals surface area contributed by atoms with Crippen molar-refractivity contribution in [1.82, 2.24) is 0 Å². The van der Waals surface area contributed by atoms with Gasteiger partial charge in [0, 0.05) is 17.5 Å². The number of hydrogen-bond donors (Lipinski definition) is 0. The summed E-state index contributed by atoms with van der Waals surface area (Å²) in [4.78, 5) is 0. The lowest BCUT2D eigenvalue weighted by atomic mass is 9.93. The van der Waals surface area contributed by atoms with Gasteiger partial charge in [0.2, 0.25) is 0 Å². The minimum atomic E-state index is -6.11. The van der Waals surface area contributed by atoms with Crippen LogP contribution in [0.5, 0.6) is 11.5 Å². The molecule has 1 atom stereocenters. The molecule has 0 saturated carbocycles. The molecular weight excluding hydrogens is 1270 g/mol. The van der Waals surface area contributed by atoms with E-state index in [1.165, 1.54) is 106 Å². The molecule has 13 aromatic carbocycles. The average molecular weight is 1330 g/mol. The van der Waals surface area contributed by atoms with Crippen LogP contribution in [0.2, 0.25) is 0 Å². The highest BCUT2D eigenvalue weighted by atomic mass is 32.2. The second-order valence-corrected chi connectivity index (χ2v) is 30.0. The smallest absolute Gasteiger partial charge is 0.376 e. The lowest BCUT2D eigenvalue weighted by Crippen LogP contribution is -2.28. The largest absolute Gasteiger partial charge is 0.534 e. The monoisotopic (exact) mass is 1320 g/mol. The molecule has 0 saturated heterocycles. The van der Waals surface area contributed by atoms with Gasteiger partial charge in [-0.15, -0.1) is 0 Å². The number of rotatable bonds is 15. The van der Waals surface area contributed by atoms with Crippen LogP contribution in [0, 0.1) is 0 Å². The lowest BCUT2D eigenvalue weighted by molar-refractivity contribution is -0.0504. The summed E-state index contributed by atoms with van der Waals surface area (Å²) < 4.78 is 134. The molecule has 0 fully saturated rings. The van der Waals surface area contributed by atoms with Crippen LogP contribution in [0.4, 0.5) is 26.3 Å². The Labute approximate surface area is 534 Å².